The van der Waals surface area contributed by atoms with Crippen LogP contribution in [0.1, 0.15) is 13.8 Å². The maximum atomic E-state index is 11.9. The van der Waals surface area contributed by atoms with Crippen LogP contribution in [0, 0.1) is 5.92 Å². The maximum absolute atomic E-state index is 11.9. The quantitative estimate of drug-likeness (QED) is 0.773. The zero-order valence-corrected chi connectivity index (χ0v) is 10.9. The minimum Gasteiger partial charge on any atom is -0.396 e. The predicted molar refractivity (Wildman–Crippen MR) is 66.4 cm³/mol. The first-order valence-electron chi connectivity index (χ1n) is 5.43. The van der Waals surface area contributed by atoms with E-state index in [2.05, 4.69) is 4.98 Å². The molecule has 0 aliphatic rings. The van der Waals surface area contributed by atoms with Crippen LogP contribution in [0.25, 0.3) is 0 Å². The Bertz CT molecular complexity index is 458. The monoisotopic (exact) mass is 258 g/mol. The number of hydrogen-bond acceptors (Lipinski definition) is 5. The predicted octanol–water partition coefficient (Wildman–Crippen LogP) is 1.11. The average Bonchev–Trinajstić information content (AvgIpc) is 2.24. The van der Waals surface area contributed by atoms with Crippen molar-refractivity contribution in [2.45, 2.75) is 18.7 Å². The lowest BCUT2D eigenvalue weighted by atomic mass is 10.2. The third-order valence-corrected chi connectivity index (χ3v) is 3.84. The number of nitrogens with two attached hydrogens (primary N) is 1. The molecular formula is C11H18N2O3S. The van der Waals surface area contributed by atoms with E-state index in [1.807, 2.05) is 13.8 Å². The van der Waals surface area contributed by atoms with Crippen molar-refractivity contribution < 1.29 is 13.2 Å². The summed E-state index contributed by atoms with van der Waals surface area (Å²) < 4.78 is 29.1. The van der Waals surface area contributed by atoms with Crippen LogP contribution in [0.2, 0.25) is 0 Å². The van der Waals surface area contributed by atoms with Crippen molar-refractivity contribution in [3.8, 4) is 0 Å². The molecule has 0 aliphatic heterocycles. The molecule has 0 atom stereocenters. The van der Waals surface area contributed by atoms with Crippen LogP contribution in [0.15, 0.2) is 23.4 Å². The molecule has 96 valence electrons. The van der Waals surface area contributed by atoms with E-state index in [0.29, 0.717) is 12.5 Å². The van der Waals surface area contributed by atoms with E-state index >= 15 is 0 Å². The van der Waals surface area contributed by atoms with Gasteiger partial charge in [0.15, 0.2) is 9.84 Å². The van der Waals surface area contributed by atoms with Gasteiger partial charge in [0.05, 0.1) is 29.1 Å². The van der Waals surface area contributed by atoms with Gasteiger partial charge in [-0.25, -0.2) is 8.42 Å². The maximum Gasteiger partial charge on any atom is 0.182 e. The van der Waals surface area contributed by atoms with Crippen molar-refractivity contribution in [2.24, 2.45) is 5.92 Å². The number of nitrogens with zero attached hydrogens (tertiary/aromatic N) is 1. The lowest BCUT2D eigenvalue weighted by molar-refractivity contribution is 0.123. The van der Waals surface area contributed by atoms with Crippen molar-refractivity contribution in [1.82, 2.24) is 4.98 Å². The molecule has 0 unspecified atom stereocenters. The molecule has 1 rings (SSSR count). The van der Waals surface area contributed by atoms with E-state index in [1.165, 1.54) is 18.5 Å². The topological polar surface area (TPSA) is 82.3 Å². The number of nitrogen functional groups attached to an aromatic ring is 1. The summed E-state index contributed by atoms with van der Waals surface area (Å²) in [4.78, 5) is 3.88. The molecule has 0 amide bonds. The zero-order valence-electron chi connectivity index (χ0n) is 10.1. The van der Waals surface area contributed by atoms with Gasteiger partial charge in [0.25, 0.3) is 0 Å². The van der Waals surface area contributed by atoms with Gasteiger partial charge in [-0.3, -0.25) is 4.98 Å². The highest BCUT2D eigenvalue weighted by Crippen LogP contribution is 2.17. The summed E-state index contributed by atoms with van der Waals surface area (Å²) in [5, 5.41) is 0. The molecule has 0 aliphatic carbocycles. The number of pyridine rings is 1. The van der Waals surface area contributed by atoms with Gasteiger partial charge in [0.2, 0.25) is 0 Å². The van der Waals surface area contributed by atoms with Crippen LogP contribution in [0.3, 0.4) is 0 Å². The molecular weight excluding hydrogens is 240 g/mol. The Balaban J connectivity index is 2.61. The van der Waals surface area contributed by atoms with Crippen molar-refractivity contribution in [1.29, 1.82) is 0 Å². The van der Waals surface area contributed by atoms with E-state index in [-0.39, 0.29) is 22.9 Å². The van der Waals surface area contributed by atoms with Crippen molar-refractivity contribution in [2.75, 3.05) is 24.7 Å². The molecule has 6 heteroatoms. The SMILES string of the molecule is CC(C)COCCS(=O)(=O)c1ccncc1N. The minimum atomic E-state index is -3.38. The minimum absolute atomic E-state index is 0.0616. The fraction of sp³-hybridized carbons (Fsp3) is 0.545. The van der Waals surface area contributed by atoms with E-state index in [1.54, 1.807) is 0 Å². The normalized spacial score (nSPS) is 11.9. The van der Waals surface area contributed by atoms with Crippen LogP contribution in [-0.4, -0.2) is 32.4 Å². The molecule has 1 heterocycles. The lowest BCUT2D eigenvalue weighted by Crippen LogP contribution is -2.15. The van der Waals surface area contributed by atoms with Gasteiger partial charge in [0, 0.05) is 12.8 Å². The fourth-order valence-electron chi connectivity index (χ4n) is 1.27. The first-order valence-corrected chi connectivity index (χ1v) is 7.08. The average molecular weight is 258 g/mol. The summed E-state index contributed by atoms with van der Waals surface area (Å²) in [6.07, 6.45) is 2.75. The number of ether oxygens (including phenoxy) is 1. The Morgan fingerprint density at radius 1 is 1.47 bits per heavy atom. The first kappa shape index (κ1) is 13.9. The number of sulfone groups is 1. The first-order chi connectivity index (χ1) is 7.93. The summed E-state index contributed by atoms with van der Waals surface area (Å²) in [6.45, 7) is 4.76. The largest absolute Gasteiger partial charge is 0.396 e. The Morgan fingerprint density at radius 3 is 2.76 bits per heavy atom. The second kappa shape index (κ2) is 5.97. The van der Waals surface area contributed by atoms with Crippen molar-refractivity contribution in [3.05, 3.63) is 18.5 Å². The van der Waals surface area contributed by atoms with Gasteiger partial charge in [0.1, 0.15) is 0 Å². The number of aromatic nitrogens is 1. The molecule has 1 aromatic rings. The van der Waals surface area contributed by atoms with Crippen LogP contribution >= 0.6 is 0 Å². The zero-order chi connectivity index (χ0) is 12.9. The van der Waals surface area contributed by atoms with Crippen LogP contribution in [0.5, 0.6) is 0 Å². The standard InChI is InChI=1S/C11H18N2O3S/c1-9(2)8-16-5-6-17(14,15)11-3-4-13-7-10(11)12/h3-4,7,9H,5-6,8,12H2,1-2H3. The number of rotatable bonds is 6. The molecule has 0 saturated heterocycles. The van der Waals surface area contributed by atoms with E-state index < -0.39 is 9.84 Å². The van der Waals surface area contributed by atoms with E-state index in [4.69, 9.17) is 10.5 Å². The summed E-state index contributed by atoms with van der Waals surface area (Å²) >= 11 is 0. The number of anilines is 1. The van der Waals surface area contributed by atoms with Gasteiger partial charge in [-0.1, -0.05) is 13.8 Å². The van der Waals surface area contributed by atoms with Crippen LogP contribution in [0.4, 0.5) is 5.69 Å². The number of hydrogen-bond donors (Lipinski definition) is 1. The van der Waals surface area contributed by atoms with Crippen LogP contribution in [-0.2, 0) is 14.6 Å². The molecule has 0 spiro atoms. The van der Waals surface area contributed by atoms with Gasteiger partial charge in [-0.2, -0.15) is 0 Å². The summed E-state index contributed by atoms with van der Waals surface area (Å²) in [7, 11) is -3.38. The highest BCUT2D eigenvalue weighted by molar-refractivity contribution is 7.91. The third kappa shape index (κ3) is 4.32. The molecule has 0 bridgehead atoms. The van der Waals surface area contributed by atoms with Crippen LogP contribution < -0.4 is 5.73 Å². The molecule has 0 aromatic carbocycles. The Kier molecular flexibility index (Phi) is 4.89. The smallest absolute Gasteiger partial charge is 0.182 e. The van der Waals surface area contributed by atoms with E-state index in [9.17, 15) is 8.42 Å². The lowest BCUT2D eigenvalue weighted by Gasteiger charge is -2.08. The molecule has 2 N–H and O–H groups in total. The highest BCUT2D eigenvalue weighted by Gasteiger charge is 2.17. The highest BCUT2D eigenvalue weighted by atomic mass is 32.2. The molecule has 0 fully saturated rings. The Labute approximate surface area is 102 Å². The second-order valence-electron chi connectivity index (χ2n) is 4.20. The summed E-state index contributed by atoms with van der Waals surface area (Å²) in [5.74, 6) is 0.331. The third-order valence-electron chi connectivity index (χ3n) is 2.09. The second-order valence-corrected chi connectivity index (χ2v) is 6.28. The Hall–Kier alpha value is -1.14. The van der Waals surface area contributed by atoms with Crippen molar-refractivity contribution >= 4 is 15.5 Å². The summed E-state index contributed by atoms with van der Waals surface area (Å²) in [5.41, 5.74) is 5.75. The molecule has 0 saturated carbocycles. The van der Waals surface area contributed by atoms with Gasteiger partial charge >= 0.3 is 0 Å². The molecule has 1 aromatic heterocycles. The fourth-order valence-corrected chi connectivity index (χ4v) is 2.51. The molecule has 5 nitrogen and oxygen atoms in total. The Morgan fingerprint density at radius 2 is 2.18 bits per heavy atom. The van der Waals surface area contributed by atoms with Gasteiger partial charge in [-0.05, 0) is 12.0 Å². The summed E-state index contributed by atoms with van der Waals surface area (Å²) in [6, 6.07) is 1.41. The van der Waals surface area contributed by atoms with Crippen molar-refractivity contribution in [3.63, 3.8) is 0 Å². The van der Waals surface area contributed by atoms with Gasteiger partial charge in [-0.15, -0.1) is 0 Å². The molecule has 17 heavy (non-hydrogen) atoms. The van der Waals surface area contributed by atoms with E-state index in [0.717, 1.165) is 0 Å². The van der Waals surface area contributed by atoms with Gasteiger partial charge < -0.3 is 10.5 Å². The molecule has 0 radical (unpaired) electrons.